The monoisotopic (exact) mass is 1370 g/mol. The van der Waals surface area contributed by atoms with E-state index < -0.39 is 137 Å². The molecule has 1 aromatic rings. The molecule has 4 aliphatic rings. The number of ketones is 1. The van der Waals surface area contributed by atoms with Crippen LogP contribution in [0, 0.1) is 28.1 Å². The summed E-state index contributed by atoms with van der Waals surface area (Å²) in [6.07, 6.45) is 28.6. The lowest BCUT2D eigenvalue weighted by Gasteiger charge is -2.63. The van der Waals surface area contributed by atoms with Gasteiger partial charge in [0.15, 0.2) is 11.9 Å². The number of carbonyl (C=O) groups excluding carboxylic acids is 7. The Bertz CT molecular complexity index is 2730. The van der Waals surface area contributed by atoms with Gasteiger partial charge in [-0.1, -0.05) is 199 Å². The van der Waals surface area contributed by atoms with Crippen LogP contribution in [0.25, 0.3) is 0 Å². The third-order valence-corrected chi connectivity index (χ3v) is 21.5. The molecular weight excluding hydrogens is 1250 g/mol. The van der Waals surface area contributed by atoms with Crippen molar-refractivity contribution in [2.24, 2.45) is 28.1 Å². The lowest BCUT2D eigenvalue weighted by atomic mass is 9.48. The number of esters is 5. The molecule has 2 bridgehead atoms. The second-order valence-corrected chi connectivity index (χ2v) is 30.7. The predicted molar refractivity (Wildman–Crippen MR) is 379 cm³/mol. The first-order valence-electron chi connectivity index (χ1n) is 37.8. The molecule has 0 aromatic heterocycles. The summed E-state index contributed by atoms with van der Waals surface area (Å²) >= 11 is 0. The van der Waals surface area contributed by atoms with E-state index in [-0.39, 0.29) is 56.0 Å². The molecule has 3 aliphatic carbocycles. The zero-order chi connectivity index (χ0) is 71.9. The van der Waals surface area contributed by atoms with E-state index in [4.69, 9.17) is 33.2 Å². The first-order chi connectivity index (χ1) is 46.6. The van der Waals surface area contributed by atoms with Crippen LogP contribution in [-0.4, -0.2) is 125 Å². The Labute approximate surface area is 587 Å². The van der Waals surface area contributed by atoms with E-state index in [1.54, 1.807) is 78.8 Å². The Balaban J connectivity index is 1.25. The van der Waals surface area contributed by atoms with E-state index >= 15 is 9.59 Å². The van der Waals surface area contributed by atoms with Crippen molar-refractivity contribution in [3.05, 3.63) is 71.3 Å². The minimum atomic E-state index is -1.97. The minimum absolute atomic E-state index is 0.117. The average Bonchev–Trinajstić information content (AvgIpc) is 1.34. The van der Waals surface area contributed by atoms with Gasteiger partial charge in [0.2, 0.25) is 6.10 Å². The molecule has 4 N–H and O–H groups in total. The smallest absolute Gasteiger partial charge is 0.408 e. The summed E-state index contributed by atoms with van der Waals surface area (Å²) in [5, 5.41) is 40.2. The topological polar surface area (TPSA) is 257 Å². The lowest BCUT2D eigenvalue weighted by Crippen LogP contribution is -2.69. The summed E-state index contributed by atoms with van der Waals surface area (Å²) < 4.78 is 40.9. The zero-order valence-corrected chi connectivity index (χ0v) is 61.9. The van der Waals surface area contributed by atoms with Crippen molar-refractivity contribution in [2.75, 3.05) is 19.8 Å². The number of aliphatic hydroxyl groups excluding tert-OH is 2. The van der Waals surface area contributed by atoms with Gasteiger partial charge in [-0.2, -0.15) is 0 Å². The number of alkyl carbamates (subject to hydrolysis) is 1. The van der Waals surface area contributed by atoms with E-state index in [1.807, 2.05) is 13.8 Å². The van der Waals surface area contributed by atoms with Crippen molar-refractivity contribution in [2.45, 2.75) is 342 Å². The van der Waals surface area contributed by atoms with Gasteiger partial charge >= 0.3 is 35.9 Å². The number of carbonyl (C=O) groups is 7. The molecule has 1 aromatic carbocycles. The van der Waals surface area contributed by atoms with Crippen LogP contribution in [0.15, 0.2) is 65.8 Å². The Hall–Kier alpha value is -5.43. The normalized spacial score (nSPS) is 25.3. The molecule has 18 heteroatoms. The first-order valence-corrected chi connectivity index (χ1v) is 37.8. The van der Waals surface area contributed by atoms with Gasteiger partial charge in [-0.15, -0.1) is 0 Å². The number of ether oxygens (including phenoxy) is 7. The molecule has 0 spiro atoms. The van der Waals surface area contributed by atoms with Crippen molar-refractivity contribution >= 4 is 41.7 Å². The van der Waals surface area contributed by atoms with Crippen molar-refractivity contribution in [1.82, 2.24) is 5.32 Å². The molecule has 5 rings (SSSR count). The molecular formula is C80H127NO17. The van der Waals surface area contributed by atoms with E-state index in [0.29, 0.717) is 25.0 Å². The van der Waals surface area contributed by atoms with Gasteiger partial charge in [0.25, 0.3) is 0 Å². The highest BCUT2D eigenvalue weighted by Crippen LogP contribution is 2.64. The van der Waals surface area contributed by atoms with Crippen LogP contribution in [0.3, 0.4) is 0 Å². The van der Waals surface area contributed by atoms with Crippen LogP contribution in [0.1, 0.15) is 300 Å². The number of nitrogens with one attached hydrogen (secondary N) is 1. The standard InChI is InChI=1S/C80H127NO17/c1-12-14-16-18-20-22-24-26-28-30-32-34-36-38-43-47-65(83)92-54-60(95-67(85)48-44-39-37-35-33-31-29-27-25-23-21-19-17-15-13-2)55-93-66(84)49-50-68(86)97-72(70(59-45-41-40-42-46-59)81-75(90)98-76(5,6)7)74(89)96-61-53-80(91)57(3)51-62-78(10)56-94-64(78)52-63(82)79(62,11)73(88)71(87)69(58(61)4)77(80,8)9/h26-29,40-42,45-46,57,60-64,70-72,82,87,91H,12-25,30-39,43-44,47-56H2,1-11H3,(H,81,90)/b28-26-,29-27-/t57-,60?,61-,62+,63-,64+,70-,71+,72+,78-,79-,80+/m0/s1. The number of hydrogen-bond donors (Lipinski definition) is 4. The van der Waals surface area contributed by atoms with Crippen molar-refractivity contribution in [3.63, 3.8) is 0 Å². The molecule has 1 aliphatic heterocycles. The molecule has 0 radical (unpaired) electrons. The number of aliphatic hydroxyl groups is 3. The zero-order valence-electron chi connectivity index (χ0n) is 61.9. The predicted octanol–water partition coefficient (Wildman–Crippen LogP) is 16.2. The molecule has 1 unspecified atom stereocenters. The fourth-order valence-electron chi connectivity index (χ4n) is 15.3. The van der Waals surface area contributed by atoms with E-state index in [0.717, 1.165) is 77.0 Å². The SMILES string of the molecule is CCCCCCCC/C=C\CCCCCCCC(=O)OCC(COC(=O)CCC(=O)O[C@@H](C(=O)O[C@H]1C[C@@]2(O)[C@@H](C)C[C@@H]3[C@]4(C)CO[C@@H]4C[C@H](O)[C@@]3(C)C(=O)[C@H](O)C(=C1C)C2(C)C)[C@@H](NC(=O)OC(C)(C)C)c1ccccc1)OC(=O)CCCCCCC/C=C\CCCCCCCC. The van der Waals surface area contributed by atoms with Gasteiger partial charge in [0.05, 0.1) is 42.7 Å². The quantitative estimate of drug-likeness (QED) is 0.0205. The third kappa shape index (κ3) is 25.0. The van der Waals surface area contributed by atoms with E-state index in [9.17, 15) is 39.3 Å². The molecule has 3 fully saturated rings. The summed E-state index contributed by atoms with van der Waals surface area (Å²) in [5.41, 5.74) is -5.32. The third-order valence-electron chi connectivity index (χ3n) is 21.5. The van der Waals surface area contributed by atoms with Crippen molar-refractivity contribution in [3.8, 4) is 0 Å². The molecule has 554 valence electrons. The van der Waals surface area contributed by atoms with Gasteiger partial charge in [-0.25, -0.2) is 9.59 Å². The highest BCUT2D eigenvalue weighted by atomic mass is 16.6. The van der Waals surface area contributed by atoms with Crippen molar-refractivity contribution in [1.29, 1.82) is 0 Å². The van der Waals surface area contributed by atoms with Gasteiger partial charge in [0, 0.05) is 36.5 Å². The number of fused-ring (bicyclic) bond motifs is 5. The highest BCUT2D eigenvalue weighted by molar-refractivity contribution is 5.93. The Morgan fingerprint density at radius 3 is 1.61 bits per heavy atom. The first kappa shape index (κ1) is 83.2. The van der Waals surface area contributed by atoms with Crippen LogP contribution < -0.4 is 5.32 Å². The maximum atomic E-state index is 15.2. The maximum absolute atomic E-state index is 15.2. The largest absolute Gasteiger partial charge is 0.462 e. The number of hydrogen-bond acceptors (Lipinski definition) is 17. The fourth-order valence-corrected chi connectivity index (χ4v) is 15.3. The minimum Gasteiger partial charge on any atom is -0.462 e. The number of allylic oxidation sites excluding steroid dienone is 4. The Morgan fingerprint density at radius 1 is 0.643 bits per heavy atom. The van der Waals surface area contributed by atoms with Crippen LogP contribution in [-0.2, 0) is 61.9 Å². The Morgan fingerprint density at radius 2 is 1.11 bits per heavy atom. The molecule has 18 nitrogen and oxygen atoms in total. The van der Waals surface area contributed by atoms with Gasteiger partial charge in [-0.3, -0.25) is 24.0 Å². The Kier molecular flexibility index (Phi) is 35.2. The molecule has 1 heterocycles. The summed E-state index contributed by atoms with van der Waals surface area (Å²) in [4.78, 5) is 98.1. The molecule has 1 saturated heterocycles. The van der Waals surface area contributed by atoms with Gasteiger partial charge in [0.1, 0.15) is 37.1 Å². The lowest BCUT2D eigenvalue weighted by molar-refractivity contribution is -0.278. The summed E-state index contributed by atoms with van der Waals surface area (Å²) in [5.74, 6) is -5.88. The number of amides is 1. The summed E-state index contributed by atoms with van der Waals surface area (Å²) in [6.45, 7) is 19.6. The fraction of sp³-hybridized carbons (Fsp3) is 0.762. The molecule has 2 saturated carbocycles. The van der Waals surface area contributed by atoms with Crippen LogP contribution >= 0.6 is 0 Å². The molecule has 12 atom stereocenters. The number of Topliss-reactive ketones (excluding diaryl/α,β-unsaturated/α-hetero) is 1. The van der Waals surface area contributed by atoms with Gasteiger partial charge < -0.3 is 53.8 Å². The molecule has 1 amide bonds. The summed E-state index contributed by atoms with van der Waals surface area (Å²) in [6, 6.07) is 6.76. The molecule has 98 heavy (non-hydrogen) atoms. The number of benzene rings is 1. The number of rotatable bonds is 44. The van der Waals surface area contributed by atoms with E-state index in [1.165, 1.54) is 77.0 Å². The van der Waals surface area contributed by atoms with Gasteiger partial charge in [-0.05, 0) is 134 Å². The van der Waals surface area contributed by atoms with Crippen LogP contribution in [0.4, 0.5) is 4.79 Å². The van der Waals surface area contributed by atoms with E-state index in [2.05, 4.69) is 43.5 Å². The second-order valence-electron chi connectivity index (χ2n) is 30.7. The summed E-state index contributed by atoms with van der Waals surface area (Å²) in [7, 11) is 0. The number of unbranched alkanes of at least 4 members (excludes halogenated alkanes) is 22. The average molecular weight is 1370 g/mol. The van der Waals surface area contributed by atoms with Crippen molar-refractivity contribution < 1.29 is 82.0 Å². The van der Waals surface area contributed by atoms with Crippen LogP contribution in [0.5, 0.6) is 0 Å². The van der Waals surface area contributed by atoms with Crippen LogP contribution in [0.2, 0.25) is 0 Å². The second kappa shape index (κ2) is 41.5. The maximum Gasteiger partial charge on any atom is 0.408 e. The highest BCUT2D eigenvalue weighted by Gasteiger charge is 2.69.